The van der Waals surface area contributed by atoms with Crippen molar-refractivity contribution in [2.75, 3.05) is 20.7 Å². The Labute approximate surface area is 102 Å². The first kappa shape index (κ1) is 13.6. The summed E-state index contributed by atoms with van der Waals surface area (Å²) < 4.78 is 4.60. The van der Waals surface area contributed by atoms with E-state index in [0.717, 1.165) is 17.8 Å². The van der Waals surface area contributed by atoms with Gasteiger partial charge in [-0.25, -0.2) is 0 Å². The molecule has 1 aromatic heterocycles. The van der Waals surface area contributed by atoms with Gasteiger partial charge in [-0.2, -0.15) is 0 Å². The summed E-state index contributed by atoms with van der Waals surface area (Å²) in [4.78, 5) is 17.2. The van der Waals surface area contributed by atoms with Gasteiger partial charge in [-0.1, -0.05) is 0 Å². The van der Waals surface area contributed by atoms with E-state index in [1.807, 2.05) is 19.2 Å². The summed E-state index contributed by atoms with van der Waals surface area (Å²) in [6.07, 6.45) is 2.16. The highest BCUT2D eigenvalue weighted by Gasteiger charge is 2.05. The first-order valence-electron chi connectivity index (χ1n) is 5.55. The molecule has 0 radical (unpaired) electrons. The molecular formula is C12H19N3O2. The summed E-state index contributed by atoms with van der Waals surface area (Å²) in [5.74, 6) is -0.186. The van der Waals surface area contributed by atoms with Crippen molar-refractivity contribution in [2.24, 2.45) is 5.73 Å². The van der Waals surface area contributed by atoms with Crippen molar-refractivity contribution >= 4 is 5.97 Å². The number of nitrogens with two attached hydrogens (primary N) is 1. The molecule has 0 aromatic carbocycles. The van der Waals surface area contributed by atoms with Crippen LogP contribution in [0.5, 0.6) is 0 Å². The van der Waals surface area contributed by atoms with Gasteiger partial charge in [0.2, 0.25) is 0 Å². The van der Waals surface area contributed by atoms with Gasteiger partial charge in [0.25, 0.3) is 0 Å². The molecule has 5 nitrogen and oxygen atoms in total. The van der Waals surface area contributed by atoms with E-state index >= 15 is 0 Å². The van der Waals surface area contributed by atoms with Crippen LogP contribution in [0.15, 0.2) is 18.3 Å². The molecule has 5 heteroatoms. The van der Waals surface area contributed by atoms with E-state index in [2.05, 4.69) is 14.6 Å². The van der Waals surface area contributed by atoms with Crippen LogP contribution >= 0.6 is 0 Å². The Bertz CT molecular complexity index is 369. The Balaban J connectivity index is 2.44. The number of carbonyl (C=O) groups excluding carboxylic acids is 1. The Hall–Kier alpha value is -1.46. The van der Waals surface area contributed by atoms with Gasteiger partial charge in [-0.3, -0.25) is 9.78 Å². The number of nitrogens with zero attached hydrogens (tertiary/aromatic N) is 2. The Morgan fingerprint density at radius 3 is 3.00 bits per heavy atom. The summed E-state index contributed by atoms with van der Waals surface area (Å²) >= 11 is 0. The van der Waals surface area contributed by atoms with Crippen molar-refractivity contribution in [1.29, 1.82) is 0 Å². The largest absolute Gasteiger partial charge is 0.469 e. The molecule has 1 aromatic rings. The lowest BCUT2D eigenvalue weighted by molar-refractivity contribution is -0.140. The van der Waals surface area contributed by atoms with Crippen LogP contribution in [0, 0.1) is 0 Å². The molecule has 0 atom stereocenters. The number of pyridine rings is 1. The van der Waals surface area contributed by atoms with E-state index in [9.17, 15) is 4.79 Å². The summed E-state index contributed by atoms with van der Waals surface area (Å²) in [6, 6.07) is 3.93. The predicted molar refractivity (Wildman–Crippen MR) is 65.1 cm³/mol. The van der Waals surface area contributed by atoms with Gasteiger partial charge >= 0.3 is 5.97 Å². The molecule has 0 unspecified atom stereocenters. The molecule has 0 spiro atoms. The van der Waals surface area contributed by atoms with Gasteiger partial charge in [0.15, 0.2) is 0 Å². The maximum Gasteiger partial charge on any atom is 0.306 e. The number of rotatable bonds is 6. The summed E-state index contributed by atoms with van der Waals surface area (Å²) in [5.41, 5.74) is 7.55. The van der Waals surface area contributed by atoms with Gasteiger partial charge in [0.1, 0.15) is 0 Å². The smallest absolute Gasteiger partial charge is 0.306 e. The zero-order chi connectivity index (χ0) is 12.7. The molecular weight excluding hydrogens is 218 g/mol. The van der Waals surface area contributed by atoms with Crippen LogP contribution in [-0.4, -0.2) is 36.6 Å². The first-order chi connectivity index (χ1) is 8.15. The van der Waals surface area contributed by atoms with Crippen molar-refractivity contribution < 1.29 is 9.53 Å². The minimum Gasteiger partial charge on any atom is -0.469 e. The minimum absolute atomic E-state index is 0.186. The predicted octanol–water partition coefficient (Wildman–Crippen LogP) is 0.535. The van der Waals surface area contributed by atoms with Crippen LogP contribution in [-0.2, 0) is 22.6 Å². The fourth-order valence-corrected chi connectivity index (χ4v) is 1.51. The highest BCUT2D eigenvalue weighted by molar-refractivity contribution is 5.69. The standard InChI is InChI=1S/C12H19N3O2/c1-15(6-4-12(16)17-2)9-10-3-5-14-11(7-10)8-13/h3,5,7H,4,6,8-9,13H2,1-2H3. The summed E-state index contributed by atoms with van der Waals surface area (Å²) in [6.45, 7) is 1.89. The third-order valence-electron chi connectivity index (χ3n) is 2.47. The highest BCUT2D eigenvalue weighted by Crippen LogP contribution is 2.05. The van der Waals surface area contributed by atoms with Gasteiger partial charge in [-0.15, -0.1) is 0 Å². The van der Waals surface area contributed by atoms with E-state index in [1.54, 1.807) is 6.20 Å². The lowest BCUT2D eigenvalue weighted by Crippen LogP contribution is -2.22. The summed E-state index contributed by atoms with van der Waals surface area (Å²) in [5, 5.41) is 0. The van der Waals surface area contributed by atoms with Crippen molar-refractivity contribution in [3.63, 3.8) is 0 Å². The number of methoxy groups -OCH3 is 1. The number of hydrogen-bond acceptors (Lipinski definition) is 5. The highest BCUT2D eigenvalue weighted by atomic mass is 16.5. The van der Waals surface area contributed by atoms with Gasteiger partial charge in [0.05, 0.1) is 19.2 Å². The number of ether oxygens (including phenoxy) is 1. The van der Waals surface area contributed by atoms with Crippen LogP contribution in [0.4, 0.5) is 0 Å². The van der Waals surface area contributed by atoms with E-state index in [-0.39, 0.29) is 5.97 Å². The molecule has 2 N–H and O–H groups in total. The average Bonchev–Trinajstić information content (AvgIpc) is 2.36. The van der Waals surface area contributed by atoms with Crippen molar-refractivity contribution in [1.82, 2.24) is 9.88 Å². The zero-order valence-electron chi connectivity index (χ0n) is 10.3. The normalized spacial score (nSPS) is 10.6. The maximum absolute atomic E-state index is 11.0. The minimum atomic E-state index is -0.186. The van der Waals surface area contributed by atoms with E-state index in [1.165, 1.54) is 7.11 Å². The quantitative estimate of drug-likeness (QED) is 0.731. The van der Waals surface area contributed by atoms with Crippen LogP contribution in [0.25, 0.3) is 0 Å². The van der Waals surface area contributed by atoms with Gasteiger partial charge in [0, 0.05) is 25.8 Å². The molecule has 0 saturated heterocycles. The van der Waals surface area contributed by atoms with Gasteiger partial charge in [-0.05, 0) is 24.7 Å². The van der Waals surface area contributed by atoms with E-state index < -0.39 is 0 Å². The fraction of sp³-hybridized carbons (Fsp3) is 0.500. The molecule has 0 saturated carbocycles. The zero-order valence-corrected chi connectivity index (χ0v) is 10.3. The molecule has 0 amide bonds. The second-order valence-electron chi connectivity index (χ2n) is 3.92. The molecule has 17 heavy (non-hydrogen) atoms. The second kappa shape index (κ2) is 6.98. The van der Waals surface area contributed by atoms with Gasteiger partial charge < -0.3 is 15.4 Å². The molecule has 0 fully saturated rings. The van der Waals surface area contributed by atoms with Crippen molar-refractivity contribution in [3.8, 4) is 0 Å². The molecule has 0 aliphatic carbocycles. The van der Waals surface area contributed by atoms with E-state index in [0.29, 0.717) is 19.5 Å². The third kappa shape index (κ3) is 4.93. The maximum atomic E-state index is 11.0. The first-order valence-corrected chi connectivity index (χ1v) is 5.55. The Kier molecular flexibility index (Phi) is 5.59. The monoisotopic (exact) mass is 237 g/mol. The SMILES string of the molecule is COC(=O)CCN(C)Cc1ccnc(CN)c1. The van der Waals surface area contributed by atoms with Crippen LogP contribution < -0.4 is 5.73 Å². The Morgan fingerprint density at radius 2 is 2.35 bits per heavy atom. The summed E-state index contributed by atoms with van der Waals surface area (Å²) in [7, 11) is 3.37. The topological polar surface area (TPSA) is 68.5 Å². The lowest BCUT2D eigenvalue weighted by Gasteiger charge is -2.16. The third-order valence-corrected chi connectivity index (χ3v) is 2.47. The molecule has 94 valence electrons. The van der Waals surface area contributed by atoms with Crippen LogP contribution in [0.1, 0.15) is 17.7 Å². The number of hydrogen-bond donors (Lipinski definition) is 1. The molecule has 1 rings (SSSR count). The molecule has 0 aliphatic rings. The average molecular weight is 237 g/mol. The lowest BCUT2D eigenvalue weighted by atomic mass is 10.2. The molecule has 1 heterocycles. The van der Waals surface area contributed by atoms with Crippen molar-refractivity contribution in [2.45, 2.75) is 19.5 Å². The number of carbonyl (C=O) groups is 1. The fourth-order valence-electron chi connectivity index (χ4n) is 1.51. The molecule has 0 aliphatic heterocycles. The second-order valence-corrected chi connectivity index (χ2v) is 3.92. The number of aromatic nitrogens is 1. The van der Waals surface area contributed by atoms with Crippen LogP contribution in [0.3, 0.4) is 0 Å². The Morgan fingerprint density at radius 1 is 1.59 bits per heavy atom. The van der Waals surface area contributed by atoms with Crippen molar-refractivity contribution in [3.05, 3.63) is 29.6 Å². The van der Waals surface area contributed by atoms with Crippen LogP contribution in [0.2, 0.25) is 0 Å². The number of esters is 1. The molecule has 0 bridgehead atoms. The van der Waals surface area contributed by atoms with E-state index in [4.69, 9.17) is 5.73 Å².